The Bertz CT molecular complexity index is 481. The lowest BCUT2D eigenvalue weighted by Crippen LogP contribution is -2.27. The van der Waals surface area contributed by atoms with Crippen molar-refractivity contribution in [2.75, 3.05) is 56.3 Å². The average Bonchev–Trinajstić information content (AvgIpc) is 3.01. The van der Waals surface area contributed by atoms with Gasteiger partial charge in [0.25, 0.3) is 0 Å². The van der Waals surface area contributed by atoms with E-state index in [2.05, 4.69) is 0 Å². The van der Waals surface area contributed by atoms with Crippen LogP contribution in [-0.4, -0.2) is 63.8 Å². The lowest BCUT2D eigenvalue weighted by atomic mass is 10.2. The molecule has 0 bridgehead atoms. The van der Waals surface area contributed by atoms with Gasteiger partial charge in [-0.3, -0.25) is 4.90 Å². The molecule has 1 aromatic rings. The van der Waals surface area contributed by atoms with E-state index in [1.165, 1.54) is 0 Å². The van der Waals surface area contributed by atoms with E-state index in [0.717, 1.165) is 17.9 Å². The summed E-state index contributed by atoms with van der Waals surface area (Å²) in [6.45, 7) is 6.48. The summed E-state index contributed by atoms with van der Waals surface area (Å²) < 4.78 is 10.4. The molecule has 1 heterocycles. The second kappa shape index (κ2) is 10.9. The molecule has 7 heteroatoms. The highest BCUT2D eigenvalue weighted by Gasteiger charge is 2.31. The average molecular weight is 339 g/mol. The van der Waals surface area contributed by atoms with E-state index in [4.69, 9.17) is 20.3 Å². The van der Waals surface area contributed by atoms with Gasteiger partial charge < -0.3 is 25.2 Å². The summed E-state index contributed by atoms with van der Waals surface area (Å²) in [7, 11) is 1.96. The minimum Gasteiger partial charge on any atom is -0.443 e. The fourth-order valence-corrected chi connectivity index (χ4v) is 2.24. The van der Waals surface area contributed by atoms with Gasteiger partial charge in [-0.15, -0.1) is 0 Å². The molecule has 1 aliphatic heterocycles. The summed E-state index contributed by atoms with van der Waals surface area (Å²) >= 11 is 0. The number of carbonyl (C=O) groups excluding carboxylic acids is 1. The Kier molecular flexibility index (Phi) is 9.14. The van der Waals surface area contributed by atoms with Gasteiger partial charge in [-0.05, 0) is 24.3 Å². The van der Waals surface area contributed by atoms with Gasteiger partial charge in [0.1, 0.15) is 6.10 Å². The summed E-state index contributed by atoms with van der Waals surface area (Å²) in [5, 5.41) is 8.65. The van der Waals surface area contributed by atoms with Gasteiger partial charge >= 0.3 is 6.09 Å². The van der Waals surface area contributed by atoms with Crippen molar-refractivity contribution in [2.24, 2.45) is 5.73 Å². The molecule has 0 aromatic heterocycles. The van der Waals surface area contributed by atoms with E-state index in [-0.39, 0.29) is 18.8 Å². The maximum atomic E-state index is 11.8. The molecule has 2 rings (SSSR count). The number of cyclic esters (lactones) is 1. The van der Waals surface area contributed by atoms with Crippen molar-refractivity contribution in [2.45, 2.75) is 20.0 Å². The number of hydrogen-bond donors (Lipinski definition) is 2. The molecular weight excluding hydrogens is 310 g/mol. The van der Waals surface area contributed by atoms with Crippen LogP contribution in [0.4, 0.5) is 16.2 Å². The third kappa shape index (κ3) is 5.67. The highest BCUT2D eigenvalue weighted by Crippen LogP contribution is 2.24. The molecule has 0 radical (unpaired) electrons. The first-order valence-electron chi connectivity index (χ1n) is 8.33. The molecule has 1 atom stereocenters. The maximum Gasteiger partial charge on any atom is 0.414 e. The van der Waals surface area contributed by atoms with Crippen LogP contribution in [0.3, 0.4) is 0 Å². The summed E-state index contributed by atoms with van der Waals surface area (Å²) in [5.41, 5.74) is 7.36. The Hall–Kier alpha value is -1.83. The van der Waals surface area contributed by atoms with E-state index < -0.39 is 0 Å². The lowest BCUT2D eigenvalue weighted by molar-refractivity contribution is 0.0971. The number of ether oxygens (including phenoxy) is 2. The first-order chi connectivity index (χ1) is 11.7. The van der Waals surface area contributed by atoms with Crippen molar-refractivity contribution in [1.82, 2.24) is 0 Å². The zero-order valence-corrected chi connectivity index (χ0v) is 14.8. The molecule has 136 valence electrons. The molecule has 1 fully saturated rings. The molecule has 1 amide bonds. The fraction of sp³-hybridized carbons (Fsp3) is 0.588. The van der Waals surface area contributed by atoms with E-state index in [0.29, 0.717) is 26.3 Å². The zero-order valence-electron chi connectivity index (χ0n) is 14.8. The lowest BCUT2D eigenvalue weighted by Gasteiger charge is -2.20. The van der Waals surface area contributed by atoms with E-state index in [9.17, 15) is 4.79 Å². The number of carbonyl (C=O) groups is 1. The van der Waals surface area contributed by atoms with Crippen LogP contribution >= 0.6 is 0 Å². The standard InChI is InChI=1S/C15H23N3O4.C2H6/c1-17(6-8-21-9-7-19)12-2-4-13(5-3-12)18-11-14(10-16)22-15(18)20;1-2/h2-5,14,19H,6-11,16H2,1H3;1-2H3. The number of amides is 1. The minimum absolute atomic E-state index is 0.0359. The number of nitrogens with two attached hydrogens (primary N) is 1. The normalized spacial score (nSPS) is 16.5. The van der Waals surface area contributed by atoms with E-state index >= 15 is 0 Å². The minimum atomic E-state index is -0.353. The third-order valence-corrected chi connectivity index (χ3v) is 3.55. The Morgan fingerprint density at radius 2 is 2.00 bits per heavy atom. The van der Waals surface area contributed by atoms with Crippen LogP contribution in [0.15, 0.2) is 24.3 Å². The number of aliphatic hydroxyl groups is 1. The molecule has 7 nitrogen and oxygen atoms in total. The zero-order chi connectivity index (χ0) is 17.9. The van der Waals surface area contributed by atoms with Crippen molar-refractivity contribution in [1.29, 1.82) is 0 Å². The molecule has 1 aliphatic rings. The van der Waals surface area contributed by atoms with Crippen LogP contribution < -0.4 is 15.5 Å². The highest BCUT2D eigenvalue weighted by molar-refractivity contribution is 5.90. The third-order valence-electron chi connectivity index (χ3n) is 3.55. The van der Waals surface area contributed by atoms with E-state index in [1.807, 2.05) is 50.1 Å². The van der Waals surface area contributed by atoms with Gasteiger partial charge in [-0.1, -0.05) is 13.8 Å². The molecule has 1 saturated heterocycles. The molecule has 1 aromatic carbocycles. The van der Waals surface area contributed by atoms with Gasteiger partial charge in [0.15, 0.2) is 0 Å². The molecule has 1 unspecified atom stereocenters. The van der Waals surface area contributed by atoms with E-state index in [1.54, 1.807) is 4.90 Å². The number of nitrogens with zero attached hydrogens (tertiary/aromatic N) is 2. The number of rotatable bonds is 8. The maximum absolute atomic E-state index is 11.8. The number of benzene rings is 1. The van der Waals surface area contributed by atoms with Crippen LogP contribution in [0, 0.1) is 0 Å². The van der Waals surface area contributed by atoms with Gasteiger partial charge in [-0.2, -0.15) is 0 Å². The molecule has 3 N–H and O–H groups in total. The van der Waals surface area contributed by atoms with Crippen molar-refractivity contribution in [3.8, 4) is 0 Å². The molecule has 24 heavy (non-hydrogen) atoms. The van der Waals surface area contributed by atoms with Crippen molar-refractivity contribution in [3.63, 3.8) is 0 Å². The molecular formula is C17H29N3O4. The molecule has 0 aliphatic carbocycles. The van der Waals surface area contributed by atoms with Gasteiger partial charge in [-0.25, -0.2) is 4.79 Å². The first kappa shape index (κ1) is 20.2. The van der Waals surface area contributed by atoms with Crippen molar-refractivity contribution >= 4 is 17.5 Å². The number of hydrogen-bond acceptors (Lipinski definition) is 6. The quantitative estimate of drug-likeness (QED) is 0.697. The number of anilines is 2. The molecule has 0 spiro atoms. The summed E-state index contributed by atoms with van der Waals surface area (Å²) in [5.74, 6) is 0. The monoisotopic (exact) mass is 339 g/mol. The Balaban J connectivity index is 0.00000139. The predicted molar refractivity (Wildman–Crippen MR) is 95.6 cm³/mol. The topological polar surface area (TPSA) is 88.3 Å². The van der Waals surface area contributed by atoms with Crippen LogP contribution in [-0.2, 0) is 9.47 Å². The van der Waals surface area contributed by atoms with Crippen LogP contribution in [0.5, 0.6) is 0 Å². The summed E-state index contributed by atoms with van der Waals surface area (Å²) in [6, 6.07) is 7.68. The second-order valence-corrected chi connectivity index (χ2v) is 5.13. The SMILES string of the molecule is CC.CN(CCOCCO)c1ccc(N2CC(CN)OC2=O)cc1. The van der Waals surface area contributed by atoms with Crippen molar-refractivity contribution in [3.05, 3.63) is 24.3 Å². The largest absolute Gasteiger partial charge is 0.443 e. The van der Waals surface area contributed by atoms with Crippen LogP contribution in [0.25, 0.3) is 0 Å². The summed E-state index contributed by atoms with van der Waals surface area (Å²) in [4.78, 5) is 15.4. The highest BCUT2D eigenvalue weighted by atomic mass is 16.6. The van der Waals surface area contributed by atoms with Crippen molar-refractivity contribution < 1.29 is 19.4 Å². The Morgan fingerprint density at radius 3 is 2.54 bits per heavy atom. The fourth-order valence-electron chi connectivity index (χ4n) is 2.24. The summed E-state index contributed by atoms with van der Waals surface area (Å²) in [6.07, 6.45) is -0.590. The van der Waals surface area contributed by atoms with Gasteiger partial charge in [0.2, 0.25) is 0 Å². The number of aliphatic hydroxyl groups excluding tert-OH is 1. The first-order valence-corrected chi connectivity index (χ1v) is 8.33. The molecule has 0 saturated carbocycles. The Morgan fingerprint density at radius 1 is 1.33 bits per heavy atom. The van der Waals surface area contributed by atoms with Gasteiger partial charge in [0, 0.05) is 31.5 Å². The predicted octanol–water partition coefficient (Wildman–Crippen LogP) is 1.44. The van der Waals surface area contributed by atoms with Gasteiger partial charge in [0.05, 0.1) is 26.4 Å². The van der Waals surface area contributed by atoms with Crippen LogP contribution in [0.1, 0.15) is 13.8 Å². The van der Waals surface area contributed by atoms with Crippen LogP contribution in [0.2, 0.25) is 0 Å². The second-order valence-electron chi connectivity index (χ2n) is 5.13. The Labute approximate surface area is 143 Å². The smallest absolute Gasteiger partial charge is 0.414 e. The number of likely N-dealkylation sites (N-methyl/N-ethyl adjacent to an activating group) is 1.